The van der Waals surface area contributed by atoms with E-state index in [1.54, 1.807) is 0 Å². The molecule has 0 aliphatic heterocycles. The van der Waals surface area contributed by atoms with Crippen molar-refractivity contribution in [3.05, 3.63) is 158 Å². The van der Waals surface area contributed by atoms with Crippen molar-refractivity contribution in [2.75, 3.05) is 0 Å². The van der Waals surface area contributed by atoms with Crippen molar-refractivity contribution in [2.45, 2.75) is 0 Å². The fourth-order valence-corrected chi connectivity index (χ4v) is 7.02. The number of benzene rings is 7. The molecule has 0 amide bonds. The summed E-state index contributed by atoms with van der Waals surface area (Å²) >= 11 is 0. The van der Waals surface area contributed by atoms with Gasteiger partial charge in [0.05, 0.1) is 16.6 Å². The van der Waals surface area contributed by atoms with E-state index in [1.165, 1.54) is 0 Å². The average Bonchev–Trinajstić information content (AvgIpc) is 3.82. The summed E-state index contributed by atoms with van der Waals surface area (Å²) in [7, 11) is 0. The maximum absolute atomic E-state index is 6.56. The first-order chi connectivity index (χ1) is 23.3. The van der Waals surface area contributed by atoms with Crippen LogP contribution in [0.5, 0.6) is 0 Å². The summed E-state index contributed by atoms with van der Waals surface area (Å²) in [5, 5.41) is 4.38. The van der Waals surface area contributed by atoms with E-state index in [9.17, 15) is 0 Å². The fourth-order valence-electron chi connectivity index (χ4n) is 7.02. The molecule has 0 saturated heterocycles. The normalized spacial score (nSPS) is 11.8. The van der Waals surface area contributed by atoms with Crippen LogP contribution >= 0.6 is 0 Å². The third-order valence-corrected chi connectivity index (χ3v) is 9.21. The smallest absolute Gasteiger partial charge is 0.147 e. The Hall–Kier alpha value is -6.39. The van der Waals surface area contributed by atoms with Crippen LogP contribution in [0, 0.1) is 0 Å². The maximum Gasteiger partial charge on any atom is 0.147 e. The first kappa shape index (κ1) is 25.9. The van der Waals surface area contributed by atoms with Crippen LogP contribution < -0.4 is 0 Å². The van der Waals surface area contributed by atoms with Gasteiger partial charge >= 0.3 is 0 Å². The minimum atomic E-state index is 0.839. The molecular formula is C43H26N2O2. The van der Waals surface area contributed by atoms with E-state index in [2.05, 4.69) is 126 Å². The molecule has 0 N–H and O–H groups in total. The molecule has 0 unspecified atom stereocenters. The fraction of sp³-hybridized carbons (Fsp3) is 0. The van der Waals surface area contributed by atoms with E-state index < -0.39 is 0 Å². The lowest BCUT2D eigenvalue weighted by molar-refractivity contribution is 0.658. The van der Waals surface area contributed by atoms with Gasteiger partial charge in [-0.05, 0) is 65.2 Å². The number of imidazole rings is 1. The third kappa shape index (κ3) is 3.98. The number of rotatable bonds is 4. The predicted molar refractivity (Wildman–Crippen MR) is 192 cm³/mol. The van der Waals surface area contributed by atoms with Crippen molar-refractivity contribution < 1.29 is 8.83 Å². The lowest BCUT2D eigenvalue weighted by Crippen LogP contribution is -1.97. The second-order valence-corrected chi connectivity index (χ2v) is 12.0. The molecule has 0 saturated carbocycles. The Balaban J connectivity index is 1.13. The molecule has 220 valence electrons. The second kappa shape index (κ2) is 10.1. The number of para-hydroxylation sites is 4. The first-order valence-electron chi connectivity index (χ1n) is 15.8. The number of aromatic nitrogens is 2. The molecule has 10 aromatic rings. The van der Waals surface area contributed by atoms with Gasteiger partial charge in [-0.3, -0.25) is 4.57 Å². The molecule has 7 aromatic carbocycles. The van der Waals surface area contributed by atoms with Gasteiger partial charge in [-0.15, -0.1) is 0 Å². The Kier molecular flexibility index (Phi) is 5.54. The van der Waals surface area contributed by atoms with Gasteiger partial charge in [0.25, 0.3) is 0 Å². The van der Waals surface area contributed by atoms with Crippen molar-refractivity contribution in [1.29, 1.82) is 0 Å². The van der Waals surface area contributed by atoms with E-state index >= 15 is 0 Å². The van der Waals surface area contributed by atoms with E-state index in [1.807, 2.05) is 36.4 Å². The average molecular weight is 603 g/mol. The van der Waals surface area contributed by atoms with Crippen LogP contribution in [-0.4, -0.2) is 9.55 Å². The number of fused-ring (bicyclic) bond motifs is 7. The van der Waals surface area contributed by atoms with Gasteiger partial charge in [-0.2, -0.15) is 0 Å². The van der Waals surface area contributed by atoms with Crippen molar-refractivity contribution in [1.82, 2.24) is 9.55 Å². The summed E-state index contributed by atoms with van der Waals surface area (Å²) in [6.07, 6.45) is 0. The van der Waals surface area contributed by atoms with Crippen molar-refractivity contribution in [2.24, 2.45) is 0 Å². The van der Waals surface area contributed by atoms with E-state index in [-0.39, 0.29) is 0 Å². The Morgan fingerprint density at radius 1 is 0.426 bits per heavy atom. The third-order valence-electron chi connectivity index (χ3n) is 9.21. The van der Waals surface area contributed by atoms with Crippen LogP contribution in [-0.2, 0) is 0 Å². The summed E-state index contributed by atoms with van der Waals surface area (Å²) in [6.45, 7) is 0. The zero-order chi connectivity index (χ0) is 30.9. The molecule has 3 aromatic heterocycles. The van der Waals surface area contributed by atoms with Crippen molar-refractivity contribution >= 4 is 54.9 Å². The molecule has 0 fully saturated rings. The van der Waals surface area contributed by atoms with Gasteiger partial charge in [0.15, 0.2) is 0 Å². The highest BCUT2D eigenvalue weighted by Gasteiger charge is 2.21. The van der Waals surface area contributed by atoms with Crippen LogP contribution in [0.4, 0.5) is 0 Å². The van der Waals surface area contributed by atoms with Crippen molar-refractivity contribution in [3.63, 3.8) is 0 Å². The van der Waals surface area contributed by atoms with Crippen LogP contribution in [0.3, 0.4) is 0 Å². The quantitative estimate of drug-likeness (QED) is 0.201. The second-order valence-electron chi connectivity index (χ2n) is 12.0. The SMILES string of the molecule is c1ccc(-c2nc3ccccc3n2-c2ccc(-c3cccc(-c4c5oc6ccccc6c5cc5c4oc4ccccc45)c3)cc2)cc1. The molecule has 0 atom stereocenters. The lowest BCUT2D eigenvalue weighted by Gasteiger charge is -2.12. The molecule has 0 aliphatic carbocycles. The topological polar surface area (TPSA) is 44.1 Å². The minimum Gasteiger partial charge on any atom is -0.455 e. The lowest BCUT2D eigenvalue weighted by atomic mass is 9.95. The summed E-state index contributed by atoms with van der Waals surface area (Å²) in [4.78, 5) is 5.01. The monoisotopic (exact) mass is 602 g/mol. The molecule has 0 bridgehead atoms. The van der Waals surface area contributed by atoms with Gasteiger partial charge in [-0.25, -0.2) is 4.98 Å². The minimum absolute atomic E-state index is 0.839. The van der Waals surface area contributed by atoms with E-state index in [0.29, 0.717) is 0 Å². The van der Waals surface area contributed by atoms with E-state index in [0.717, 1.165) is 94.2 Å². The predicted octanol–water partition coefficient (Wildman–Crippen LogP) is 11.8. The van der Waals surface area contributed by atoms with Crippen LogP contribution in [0.15, 0.2) is 167 Å². The molecule has 0 spiro atoms. The highest BCUT2D eigenvalue weighted by molar-refractivity contribution is 6.22. The largest absolute Gasteiger partial charge is 0.455 e. The van der Waals surface area contributed by atoms with Gasteiger partial charge in [0.2, 0.25) is 0 Å². The molecule has 47 heavy (non-hydrogen) atoms. The van der Waals surface area contributed by atoms with Gasteiger partial charge in [0.1, 0.15) is 28.2 Å². The molecule has 3 heterocycles. The standard InChI is InChI=1S/C43H26N2O2/c1-2-11-28(12-3-1)43-44-36-17-6-7-18-37(36)45(43)31-23-21-27(22-24-31)29-13-10-14-30(25-29)40-41-34(32-15-4-8-19-38(32)46-41)26-35-33-16-5-9-20-39(33)47-42(35)40/h1-26H. The summed E-state index contributed by atoms with van der Waals surface area (Å²) in [5.41, 5.74) is 11.9. The van der Waals surface area contributed by atoms with Crippen LogP contribution in [0.1, 0.15) is 0 Å². The molecule has 10 rings (SSSR count). The Bertz CT molecular complexity index is 2690. The number of nitrogens with zero attached hydrogens (tertiary/aromatic N) is 2. The van der Waals surface area contributed by atoms with Gasteiger partial charge < -0.3 is 8.83 Å². The van der Waals surface area contributed by atoms with Crippen LogP contribution in [0.25, 0.3) is 94.2 Å². The molecular weight excluding hydrogens is 576 g/mol. The highest BCUT2D eigenvalue weighted by atomic mass is 16.3. The Morgan fingerprint density at radius 3 is 1.74 bits per heavy atom. The summed E-state index contributed by atoms with van der Waals surface area (Å²) in [6, 6.07) is 54.8. The zero-order valence-electron chi connectivity index (χ0n) is 25.2. The van der Waals surface area contributed by atoms with Gasteiger partial charge in [-0.1, -0.05) is 109 Å². The Morgan fingerprint density at radius 2 is 1.02 bits per heavy atom. The van der Waals surface area contributed by atoms with E-state index in [4.69, 9.17) is 13.8 Å². The number of furan rings is 2. The van der Waals surface area contributed by atoms with Crippen molar-refractivity contribution in [3.8, 4) is 39.3 Å². The Labute approximate surface area is 269 Å². The summed E-state index contributed by atoms with van der Waals surface area (Å²) < 4.78 is 15.4. The molecule has 4 heteroatoms. The first-order valence-corrected chi connectivity index (χ1v) is 15.8. The molecule has 0 radical (unpaired) electrons. The molecule has 0 aliphatic rings. The summed E-state index contributed by atoms with van der Waals surface area (Å²) in [5.74, 6) is 0.926. The molecule has 4 nitrogen and oxygen atoms in total. The maximum atomic E-state index is 6.56. The zero-order valence-corrected chi connectivity index (χ0v) is 25.2. The van der Waals surface area contributed by atoms with Crippen LogP contribution in [0.2, 0.25) is 0 Å². The van der Waals surface area contributed by atoms with Gasteiger partial charge in [0, 0.05) is 32.8 Å². The highest BCUT2D eigenvalue weighted by Crippen LogP contribution is 2.45. The number of hydrogen-bond acceptors (Lipinski definition) is 3. The number of hydrogen-bond donors (Lipinski definition) is 0.